The molecule has 0 unspecified atom stereocenters. The summed E-state index contributed by atoms with van der Waals surface area (Å²) < 4.78 is 22.3. The lowest BCUT2D eigenvalue weighted by Gasteiger charge is -2.52. The Kier molecular flexibility index (Phi) is 8.16. The summed E-state index contributed by atoms with van der Waals surface area (Å²) in [5.74, 6) is 0. The first kappa shape index (κ1) is 19.5. The van der Waals surface area contributed by atoms with Gasteiger partial charge in [-0.25, -0.2) is 0 Å². The summed E-state index contributed by atoms with van der Waals surface area (Å²) in [7, 11) is -1.69. The molecule has 2 rings (SSSR count). The highest BCUT2D eigenvalue weighted by Gasteiger charge is 2.60. The van der Waals surface area contributed by atoms with E-state index in [0.29, 0.717) is 0 Å². The number of ether oxygens (including phenoxy) is 2. The quantitative estimate of drug-likeness (QED) is 0.625. The summed E-state index contributed by atoms with van der Waals surface area (Å²) in [6.45, 7) is 21.2. The fourth-order valence-corrected chi connectivity index (χ4v) is 8.99. The zero-order valence-electron chi connectivity index (χ0n) is 15.5. The van der Waals surface area contributed by atoms with E-state index in [0.717, 1.165) is 78.8 Å². The average molecular weight is 347 g/mol. The van der Waals surface area contributed by atoms with Crippen molar-refractivity contribution in [2.24, 2.45) is 0 Å². The van der Waals surface area contributed by atoms with Gasteiger partial charge in [0.05, 0.1) is 52.6 Å². The van der Waals surface area contributed by atoms with Gasteiger partial charge in [0, 0.05) is 26.2 Å². The molecule has 2 aliphatic heterocycles. The maximum Gasteiger partial charge on any atom is 0.308 e. The smallest absolute Gasteiger partial charge is 0.308 e. The second-order valence-electron chi connectivity index (χ2n) is 5.95. The molecule has 0 saturated carbocycles. The van der Waals surface area contributed by atoms with Crippen LogP contribution in [0.5, 0.6) is 0 Å². The van der Waals surface area contributed by atoms with Crippen LogP contribution in [0.3, 0.4) is 0 Å². The third-order valence-electron chi connectivity index (χ3n) is 4.95. The Morgan fingerprint density at radius 1 is 0.652 bits per heavy atom. The first-order chi connectivity index (χ1) is 11.2. The molecule has 2 fully saturated rings. The maximum atomic E-state index is 5.67. The fourth-order valence-electron chi connectivity index (χ4n) is 3.92. The van der Waals surface area contributed by atoms with Crippen molar-refractivity contribution in [1.82, 2.24) is 18.7 Å². The Bertz CT molecular complexity index is 296. The molecule has 2 heterocycles. The molecule has 0 N–H and O–H groups in total. The molecular formula is C16H36N4O2P+. The largest absolute Gasteiger partial charge is 0.378 e. The summed E-state index contributed by atoms with van der Waals surface area (Å²) >= 11 is 0. The van der Waals surface area contributed by atoms with Crippen molar-refractivity contribution in [3.05, 3.63) is 0 Å². The minimum absolute atomic E-state index is 0.856. The molecule has 0 aromatic rings. The molecule has 2 saturated heterocycles. The van der Waals surface area contributed by atoms with Gasteiger partial charge in [-0.1, -0.05) is 0 Å². The van der Waals surface area contributed by atoms with Crippen LogP contribution in [0.2, 0.25) is 0 Å². The number of morpholine rings is 2. The fraction of sp³-hybridized carbons (Fsp3) is 1.00. The minimum atomic E-state index is -1.69. The van der Waals surface area contributed by atoms with Gasteiger partial charge < -0.3 is 9.47 Å². The van der Waals surface area contributed by atoms with Gasteiger partial charge in [-0.2, -0.15) is 0 Å². The molecule has 0 amide bonds. The van der Waals surface area contributed by atoms with Gasteiger partial charge in [-0.3, -0.25) is 0 Å². The molecule has 136 valence electrons. The van der Waals surface area contributed by atoms with Crippen LogP contribution in [0, 0.1) is 0 Å². The Hall–Kier alpha value is 0.190. The highest BCUT2D eigenvalue weighted by Crippen LogP contribution is 2.69. The van der Waals surface area contributed by atoms with Crippen molar-refractivity contribution in [1.29, 1.82) is 0 Å². The van der Waals surface area contributed by atoms with Crippen LogP contribution in [-0.2, 0) is 9.47 Å². The zero-order chi connectivity index (χ0) is 16.7. The predicted molar refractivity (Wildman–Crippen MR) is 97.5 cm³/mol. The Labute approximate surface area is 143 Å². The Balaban J connectivity index is 2.45. The summed E-state index contributed by atoms with van der Waals surface area (Å²) in [5.41, 5.74) is 0. The van der Waals surface area contributed by atoms with Crippen molar-refractivity contribution in [2.75, 3.05) is 78.8 Å². The van der Waals surface area contributed by atoms with Crippen LogP contribution in [0.15, 0.2) is 0 Å². The standard InChI is InChI=1S/C16H36N4O2P/c1-5-17(6-2)23(18(7-3)8-4,19-9-13-21-14-10-19)20-11-15-22-16-12-20/h5-16H2,1-4H3/q+1. The van der Waals surface area contributed by atoms with Gasteiger partial charge in [0.25, 0.3) is 0 Å². The zero-order valence-corrected chi connectivity index (χ0v) is 16.4. The molecule has 0 atom stereocenters. The predicted octanol–water partition coefficient (Wildman–Crippen LogP) is 2.01. The molecule has 2 aliphatic rings. The Morgan fingerprint density at radius 3 is 1.22 bits per heavy atom. The first-order valence-corrected chi connectivity index (χ1v) is 10.9. The van der Waals surface area contributed by atoms with E-state index in [9.17, 15) is 0 Å². The number of hydrogen-bond acceptors (Lipinski definition) is 6. The van der Waals surface area contributed by atoms with E-state index in [1.165, 1.54) is 0 Å². The average Bonchev–Trinajstić information content (AvgIpc) is 2.63. The molecule has 0 bridgehead atoms. The van der Waals surface area contributed by atoms with Crippen molar-refractivity contribution in [3.8, 4) is 0 Å². The van der Waals surface area contributed by atoms with Crippen LogP contribution in [-0.4, -0.2) is 97.5 Å². The second-order valence-corrected chi connectivity index (χ2v) is 9.28. The van der Waals surface area contributed by atoms with E-state index < -0.39 is 7.87 Å². The van der Waals surface area contributed by atoms with E-state index in [4.69, 9.17) is 9.47 Å². The van der Waals surface area contributed by atoms with Crippen molar-refractivity contribution >= 4 is 7.87 Å². The van der Waals surface area contributed by atoms with Crippen molar-refractivity contribution in [3.63, 3.8) is 0 Å². The topological polar surface area (TPSA) is 31.4 Å². The third-order valence-corrected chi connectivity index (χ3v) is 9.92. The number of nitrogens with zero attached hydrogens (tertiary/aromatic N) is 4. The van der Waals surface area contributed by atoms with Crippen LogP contribution in [0.25, 0.3) is 0 Å². The minimum Gasteiger partial charge on any atom is -0.378 e. The highest BCUT2D eigenvalue weighted by molar-refractivity contribution is 7.66. The van der Waals surface area contributed by atoms with Gasteiger partial charge in [0.15, 0.2) is 0 Å². The lowest BCUT2D eigenvalue weighted by Crippen LogP contribution is -2.57. The van der Waals surface area contributed by atoms with E-state index in [2.05, 4.69) is 46.4 Å². The van der Waals surface area contributed by atoms with Crippen LogP contribution < -0.4 is 0 Å². The molecule has 23 heavy (non-hydrogen) atoms. The molecule has 7 heteroatoms. The van der Waals surface area contributed by atoms with Gasteiger partial charge in [0.2, 0.25) is 0 Å². The molecule has 0 aromatic heterocycles. The normalized spacial score (nSPS) is 22.2. The summed E-state index contributed by atoms with van der Waals surface area (Å²) in [4.78, 5) is 0. The second kappa shape index (κ2) is 9.62. The SMILES string of the molecule is CCN(CC)[P+](N(CC)CC)(N1CCOCC1)N1CCOCC1. The lowest BCUT2D eigenvalue weighted by molar-refractivity contribution is 0.0422. The van der Waals surface area contributed by atoms with Gasteiger partial charge in [0.1, 0.15) is 0 Å². The van der Waals surface area contributed by atoms with Crippen LogP contribution in [0.1, 0.15) is 27.7 Å². The van der Waals surface area contributed by atoms with Crippen molar-refractivity contribution < 1.29 is 9.47 Å². The monoisotopic (exact) mass is 347 g/mol. The number of hydrogen-bond donors (Lipinski definition) is 0. The molecular weight excluding hydrogens is 311 g/mol. The van der Waals surface area contributed by atoms with Gasteiger partial charge in [-0.15, -0.1) is 18.7 Å². The van der Waals surface area contributed by atoms with Gasteiger partial charge in [-0.05, 0) is 27.7 Å². The molecule has 0 aliphatic carbocycles. The van der Waals surface area contributed by atoms with E-state index in [1.807, 2.05) is 0 Å². The molecule has 0 spiro atoms. The summed E-state index contributed by atoms with van der Waals surface area (Å²) in [5, 5.41) is 0. The highest BCUT2D eigenvalue weighted by atomic mass is 31.2. The summed E-state index contributed by atoms with van der Waals surface area (Å²) in [6.07, 6.45) is 0. The third kappa shape index (κ3) is 3.90. The Morgan fingerprint density at radius 2 is 0.957 bits per heavy atom. The van der Waals surface area contributed by atoms with Crippen LogP contribution in [0.4, 0.5) is 0 Å². The molecule has 0 radical (unpaired) electrons. The molecule has 0 aromatic carbocycles. The number of rotatable bonds is 8. The van der Waals surface area contributed by atoms with E-state index >= 15 is 0 Å². The van der Waals surface area contributed by atoms with Crippen LogP contribution >= 0.6 is 7.87 Å². The van der Waals surface area contributed by atoms with Gasteiger partial charge >= 0.3 is 7.87 Å². The molecule has 6 nitrogen and oxygen atoms in total. The summed E-state index contributed by atoms with van der Waals surface area (Å²) in [6, 6.07) is 0. The van der Waals surface area contributed by atoms with Crippen molar-refractivity contribution in [2.45, 2.75) is 27.7 Å². The van der Waals surface area contributed by atoms with E-state index in [1.54, 1.807) is 0 Å². The maximum absolute atomic E-state index is 5.67. The van der Waals surface area contributed by atoms with E-state index in [-0.39, 0.29) is 0 Å². The first-order valence-electron chi connectivity index (χ1n) is 9.31. The lowest BCUT2D eigenvalue weighted by atomic mass is 10.5.